The number of hydrogen-bond acceptors (Lipinski definition) is 3. The van der Waals surface area contributed by atoms with Crippen molar-refractivity contribution in [1.29, 1.82) is 0 Å². The highest BCUT2D eigenvalue weighted by atomic mass is 16.5. The quantitative estimate of drug-likeness (QED) is 0.773. The number of hydrogen-bond donors (Lipinski definition) is 1. The van der Waals surface area contributed by atoms with Gasteiger partial charge in [-0.15, -0.1) is 0 Å². The molecule has 3 nitrogen and oxygen atoms in total. The van der Waals surface area contributed by atoms with E-state index in [1.807, 2.05) is 25.1 Å². The Morgan fingerprint density at radius 3 is 3.29 bits per heavy atom. The van der Waals surface area contributed by atoms with Gasteiger partial charge >= 0.3 is 0 Å². The molecular formula is C11H15NO2. The summed E-state index contributed by atoms with van der Waals surface area (Å²) in [6.07, 6.45) is 0. The second kappa shape index (κ2) is 4.33. The minimum absolute atomic E-state index is 0.701. The molecule has 3 heteroatoms. The predicted octanol–water partition coefficient (Wildman–Crippen LogP) is 1.57. The SMILES string of the molecule is CCOc1ccc2c(c1)CNCCO2. The molecule has 1 N–H and O–H groups in total. The van der Waals surface area contributed by atoms with Crippen LogP contribution in [0, 0.1) is 0 Å². The highest BCUT2D eigenvalue weighted by Gasteiger charge is 2.08. The molecule has 1 heterocycles. The molecule has 0 saturated carbocycles. The van der Waals surface area contributed by atoms with Crippen LogP contribution in [0.5, 0.6) is 11.5 Å². The summed E-state index contributed by atoms with van der Waals surface area (Å²) in [4.78, 5) is 0. The van der Waals surface area contributed by atoms with Crippen LogP contribution < -0.4 is 14.8 Å². The lowest BCUT2D eigenvalue weighted by molar-refractivity contribution is 0.322. The zero-order valence-corrected chi connectivity index (χ0v) is 8.38. The van der Waals surface area contributed by atoms with Crippen molar-refractivity contribution in [1.82, 2.24) is 5.32 Å². The molecule has 1 aliphatic rings. The van der Waals surface area contributed by atoms with Gasteiger partial charge in [-0.1, -0.05) is 0 Å². The predicted molar refractivity (Wildman–Crippen MR) is 54.8 cm³/mol. The lowest BCUT2D eigenvalue weighted by atomic mass is 10.2. The maximum Gasteiger partial charge on any atom is 0.124 e. The Morgan fingerprint density at radius 2 is 2.43 bits per heavy atom. The fourth-order valence-corrected chi connectivity index (χ4v) is 1.55. The number of nitrogens with one attached hydrogen (secondary N) is 1. The van der Waals surface area contributed by atoms with Crippen molar-refractivity contribution in [2.75, 3.05) is 19.8 Å². The van der Waals surface area contributed by atoms with Crippen LogP contribution in [0.3, 0.4) is 0 Å². The lowest BCUT2D eigenvalue weighted by Gasteiger charge is -2.09. The molecule has 2 rings (SSSR count). The van der Waals surface area contributed by atoms with E-state index in [4.69, 9.17) is 9.47 Å². The van der Waals surface area contributed by atoms with E-state index < -0.39 is 0 Å². The van der Waals surface area contributed by atoms with E-state index >= 15 is 0 Å². The largest absolute Gasteiger partial charge is 0.494 e. The molecule has 0 spiro atoms. The van der Waals surface area contributed by atoms with E-state index in [0.29, 0.717) is 6.61 Å². The van der Waals surface area contributed by atoms with Gasteiger partial charge < -0.3 is 14.8 Å². The third-order valence-corrected chi connectivity index (χ3v) is 2.19. The number of ether oxygens (including phenoxy) is 2. The van der Waals surface area contributed by atoms with E-state index in [1.54, 1.807) is 0 Å². The summed E-state index contributed by atoms with van der Waals surface area (Å²) < 4.78 is 11.0. The smallest absolute Gasteiger partial charge is 0.124 e. The fraction of sp³-hybridized carbons (Fsp3) is 0.455. The van der Waals surface area contributed by atoms with Crippen LogP contribution in [0.15, 0.2) is 18.2 Å². The van der Waals surface area contributed by atoms with E-state index in [0.717, 1.165) is 31.2 Å². The summed E-state index contributed by atoms with van der Waals surface area (Å²) in [5.74, 6) is 1.89. The second-order valence-corrected chi connectivity index (χ2v) is 3.23. The minimum atomic E-state index is 0.701. The molecule has 0 atom stereocenters. The van der Waals surface area contributed by atoms with Crippen molar-refractivity contribution < 1.29 is 9.47 Å². The van der Waals surface area contributed by atoms with Crippen molar-refractivity contribution in [3.05, 3.63) is 23.8 Å². The van der Waals surface area contributed by atoms with Gasteiger partial charge in [0.15, 0.2) is 0 Å². The molecule has 1 aromatic rings. The van der Waals surface area contributed by atoms with Crippen LogP contribution in [0.2, 0.25) is 0 Å². The van der Waals surface area contributed by atoms with Crippen LogP contribution in [0.4, 0.5) is 0 Å². The molecule has 0 unspecified atom stereocenters. The van der Waals surface area contributed by atoms with Gasteiger partial charge in [0.1, 0.15) is 18.1 Å². The molecular weight excluding hydrogens is 178 g/mol. The molecule has 0 fully saturated rings. The van der Waals surface area contributed by atoms with E-state index in [2.05, 4.69) is 5.32 Å². The summed E-state index contributed by atoms with van der Waals surface area (Å²) in [5.41, 5.74) is 1.17. The average Bonchev–Trinajstić information content (AvgIpc) is 2.42. The van der Waals surface area contributed by atoms with Crippen molar-refractivity contribution in [2.45, 2.75) is 13.5 Å². The first-order valence-corrected chi connectivity index (χ1v) is 4.99. The third-order valence-electron chi connectivity index (χ3n) is 2.19. The first-order valence-electron chi connectivity index (χ1n) is 4.99. The fourth-order valence-electron chi connectivity index (χ4n) is 1.55. The zero-order valence-electron chi connectivity index (χ0n) is 8.38. The van der Waals surface area contributed by atoms with E-state index in [9.17, 15) is 0 Å². The molecule has 0 amide bonds. The zero-order chi connectivity index (χ0) is 9.80. The van der Waals surface area contributed by atoms with Gasteiger partial charge in [0.25, 0.3) is 0 Å². The molecule has 0 radical (unpaired) electrons. The first kappa shape index (κ1) is 9.34. The van der Waals surface area contributed by atoms with Crippen LogP contribution in [0.25, 0.3) is 0 Å². The Kier molecular flexibility index (Phi) is 2.89. The molecule has 0 saturated heterocycles. The van der Waals surface area contributed by atoms with Gasteiger partial charge in [0.05, 0.1) is 6.61 Å². The van der Waals surface area contributed by atoms with Crippen LogP contribution in [-0.4, -0.2) is 19.8 Å². The van der Waals surface area contributed by atoms with Crippen molar-refractivity contribution in [3.63, 3.8) is 0 Å². The van der Waals surface area contributed by atoms with Gasteiger partial charge in [0, 0.05) is 18.7 Å². The number of rotatable bonds is 2. The van der Waals surface area contributed by atoms with E-state index in [-0.39, 0.29) is 0 Å². The Balaban J connectivity index is 2.23. The maximum atomic E-state index is 5.56. The van der Waals surface area contributed by atoms with E-state index in [1.165, 1.54) is 5.56 Å². The molecule has 0 bridgehead atoms. The maximum absolute atomic E-state index is 5.56. The van der Waals surface area contributed by atoms with Crippen LogP contribution >= 0.6 is 0 Å². The van der Waals surface area contributed by atoms with Crippen LogP contribution in [-0.2, 0) is 6.54 Å². The summed E-state index contributed by atoms with van der Waals surface area (Å²) >= 11 is 0. The Hall–Kier alpha value is -1.22. The minimum Gasteiger partial charge on any atom is -0.494 e. The van der Waals surface area contributed by atoms with Gasteiger partial charge in [-0.25, -0.2) is 0 Å². The van der Waals surface area contributed by atoms with Gasteiger partial charge in [-0.3, -0.25) is 0 Å². The van der Waals surface area contributed by atoms with Crippen molar-refractivity contribution in [2.24, 2.45) is 0 Å². The molecule has 14 heavy (non-hydrogen) atoms. The Labute approximate surface area is 84.0 Å². The Bertz CT molecular complexity index is 312. The summed E-state index contributed by atoms with van der Waals surface area (Å²) in [5, 5.41) is 3.29. The molecule has 1 aromatic carbocycles. The molecule has 0 aromatic heterocycles. The lowest BCUT2D eigenvalue weighted by Crippen LogP contribution is -2.16. The standard InChI is InChI=1S/C11H15NO2/c1-2-13-10-3-4-11-9(7-10)8-12-5-6-14-11/h3-4,7,12H,2,5-6,8H2,1H3. The van der Waals surface area contributed by atoms with Gasteiger partial charge in [-0.05, 0) is 25.1 Å². The average molecular weight is 193 g/mol. The summed E-state index contributed by atoms with van der Waals surface area (Å²) in [6, 6.07) is 5.97. The van der Waals surface area contributed by atoms with Gasteiger partial charge in [0.2, 0.25) is 0 Å². The molecule has 0 aliphatic carbocycles. The Morgan fingerprint density at radius 1 is 1.50 bits per heavy atom. The normalized spacial score (nSPS) is 15.2. The first-order chi connectivity index (χ1) is 6.90. The number of benzene rings is 1. The van der Waals surface area contributed by atoms with Crippen molar-refractivity contribution in [3.8, 4) is 11.5 Å². The topological polar surface area (TPSA) is 30.5 Å². The van der Waals surface area contributed by atoms with Crippen LogP contribution in [0.1, 0.15) is 12.5 Å². The number of fused-ring (bicyclic) bond motifs is 1. The summed E-state index contributed by atoms with van der Waals surface area (Å²) in [6.45, 7) is 5.18. The summed E-state index contributed by atoms with van der Waals surface area (Å²) in [7, 11) is 0. The van der Waals surface area contributed by atoms with Crippen molar-refractivity contribution >= 4 is 0 Å². The van der Waals surface area contributed by atoms with Gasteiger partial charge in [-0.2, -0.15) is 0 Å². The molecule has 1 aliphatic heterocycles. The second-order valence-electron chi connectivity index (χ2n) is 3.23. The molecule has 76 valence electrons. The third kappa shape index (κ3) is 1.99. The highest BCUT2D eigenvalue weighted by molar-refractivity contribution is 5.40. The monoisotopic (exact) mass is 193 g/mol. The highest BCUT2D eigenvalue weighted by Crippen LogP contribution is 2.25.